The molecule has 2 aliphatic heterocycles. The molecule has 0 bridgehead atoms. The van der Waals surface area contributed by atoms with Gasteiger partial charge in [0.2, 0.25) is 20.0 Å². The number of nitrogens with one attached hydrogen (secondary N) is 1. The van der Waals surface area contributed by atoms with Crippen LogP contribution in [-0.2, 0) is 20.0 Å². The number of hydrogen-bond donors (Lipinski definition) is 1. The molecule has 0 spiro atoms. The van der Waals surface area contributed by atoms with Crippen LogP contribution in [0.15, 0.2) is 29.2 Å². The van der Waals surface area contributed by atoms with Gasteiger partial charge in [-0.25, -0.2) is 21.1 Å². The van der Waals surface area contributed by atoms with Gasteiger partial charge in [0, 0.05) is 38.3 Å². The van der Waals surface area contributed by atoms with Gasteiger partial charge in [0.25, 0.3) is 5.91 Å². The minimum Gasteiger partial charge on any atom is -0.352 e. The van der Waals surface area contributed by atoms with Crippen molar-refractivity contribution in [1.29, 1.82) is 0 Å². The van der Waals surface area contributed by atoms with Crippen LogP contribution in [0.5, 0.6) is 0 Å². The van der Waals surface area contributed by atoms with E-state index in [9.17, 15) is 21.6 Å². The number of benzene rings is 1. The van der Waals surface area contributed by atoms with Gasteiger partial charge in [0.1, 0.15) is 0 Å². The molecule has 8 nitrogen and oxygen atoms in total. The van der Waals surface area contributed by atoms with E-state index in [4.69, 9.17) is 0 Å². The zero-order chi connectivity index (χ0) is 21.1. The molecule has 0 saturated carbocycles. The normalized spacial score (nSPS) is 20.4. The lowest BCUT2D eigenvalue weighted by Crippen LogP contribution is -2.41. The molecule has 3 rings (SSSR count). The Bertz CT molecular complexity index is 915. The molecule has 162 valence electrons. The maximum Gasteiger partial charge on any atom is 0.251 e. The largest absolute Gasteiger partial charge is 0.352 e. The van der Waals surface area contributed by atoms with Crippen LogP contribution < -0.4 is 5.32 Å². The van der Waals surface area contributed by atoms with E-state index in [0.29, 0.717) is 51.1 Å². The second kappa shape index (κ2) is 9.11. The van der Waals surface area contributed by atoms with E-state index in [1.165, 1.54) is 27.0 Å². The Hall–Kier alpha value is -1.49. The molecule has 1 aromatic rings. The molecule has 2 fully saturated rings. The van der Waals surface area contributed by atoms with Crippen molar-refractivity contribution >= 4 is 26.0 Å². The number of piperidine rings is 2. The van der Waals surface area contributed by atoms with Crippen LogP contribution >= 0.6 is 0 Å². The average Bonchev–Trinajstić information content (AvgIpc) is 2.72. The fourth-order valence-electron chi connectivity index (χ4n) is 3.82. The van der Waals surface area contributed by atoms with Gasteiger partial charge in [-0.2, -0.15) is 4.31 Å². The van der Waals surface area contributed by atoms with Crippen molar-refractivity contribution in [3.05, 3.63) is 29.8 Å². The van der Waals surface area contributed by atoms with Crippen LogP contribution in [0.2, 0.25) is 0 Å². The molecule has 2 saturated heterocycles. The van der Waals surface area contributed by atoms with E-state index in [1.54, 1.807) is 12.1 Å². The van der Waals surface area contributed by atoms with Gasteiger partial charge in [0.15, 0.2) is 0 Å². The van der Waals surface area contributed by atoms with Crippen LogP contribution in [0.4, 0.5) is 0 Å². The van der Waals surface area contributed by atoms with E-state index < -0.39 is 20.0 Å². The van der Waals surface area contributed by atoms with Gasteiger partial charge >= 0.3 is 0 Å². The number of nitrogens with zero attached hydrogens (tertiary/aromatic N) is 2. The summed E-state index contributed by atoms with van der Waals surface area (Å²) in [6, 6.07) is 6.06. The van der Waals surface area contributed by atoms with Crippen molar-refractivity contribution in [2.45, 2.75) is 37.0 Å². The number of carbonyl (C=O) groups excluding carboxylic acids is 1. The predicted octanol–water partition coefficient (Wildman–Crippen LogP) is 1.26. The van der Waals surface area contributed by atoms with Crippen LogP contribution in [0.25, 0.3) is 0 Å². The first-order valence-corrected chi connectivity index (χ1v) is 13.3. The Balaban J connectivity index is 1.53. The van der Waals surface area contributed by atoms with Gasteiger partial charge in [-0.3, -0.25) is 4.79 Å². The summed E-state index contributed by atoms with van der Waals surface area (Å²) in [6.45, 7) is 2.51. The highest BCUT2D eigenvalue weighted by atomic mass is 32.2. The highest BCUT2D eigenvalue weighted by molar-refractivity contribution is 7.89. The lowest BCUT2D eigenvalue weighted by Gasteiger charge is -2.30. The molecule has 0 radical (unpaired) electrons. The third-order valence-electron chi connectivity index (χ3n) is 5.66. The molecule has 0 aromatic heterocycles. The Morgan fingerprint density at radius 2 is 1.52 bits per heavy atom. The molecule has 2 heterocycles. The highest BCUT2D eigenvalue weighted by Gasteiger charge is 2.27. The Kier molecular flexibility index (Phi) is 6.98. The van der Waals surface area contributed by atoms with Crippen molar-refractivity contribution in [3.63, 3.8) is 0 Å². The molecular weight excluding hydrogens is 414 g/mol. The lowest BCUT2D eigenvalue weighted by molar-refractivity contribution is 0.0941. The molecule has 1 aromatic carbocycles. The van der Waals surface area contributed by atoms with E-state index in [0.717, 1.165) is 19.3 Å². The third-order valence-corrected chi connectivity index (χ3v) is 8.88. The maximum atomic E-state index is 12.7. The van der Waals surface area contributed by atoms with Crippen molar-refractivity contribution in [3.8, 4) is 0 Å². The van der Waals surface area contributed by atoms with Crippen molar-refractivity contribution in [2.75, 3.05) is 39.0 Å². The minimum atomic E-state index is -3.50. The molecule has 2 aliphatic rings. The number of carbonyl (C=O) groups is 1. The quantitative estimate of drug-likeness (QED) is 0.713. The lowest BCUT2D eigenvalue weighted by atomic mass is 9.98. The average molecular weight is 444 g/mol. The summed E-state index contributed by atoms with van der Waals surface area (Å²) in [5.74, 6) is -0.0202. The fourth-order valence-corrected chi connectivity index (χ4v) is 6.21. The summed E-state index contributed by atoms with van der Waals surface area (Å²) in [5, 5.41) is 2.88. The highest BCUT2D eigenvalue weighted by Crippen LogP contribution is 2.21. The Morgan fingerprint density at radius 3 is 2.07 bits per heavy atom. The number of sulfonamides is 2. The van der Waals surface area contributed by atoms with Crippen LogP contribution in [0, 0.1) is 5.92 Å². The van der Waals surface area contributed by atoms with Gasteiger partial charge in [-0.15, -0.1) is 0 Å². The van der Waals surface area contributed by atoms with Crippen LogP contribution in [0.1, 0.15) is 42.5 Å². The first kappa shape index (κ1) is 22.2. The second-order valence-corrected chi connectivity index (χ2v) is 11.7. The number of rotatable bonds is 6. The second-order valence-electron chi connectivity index (χ2n) is 7.80. The number of amides is 1. The first-order chi connectivity index (χ1) is 13.7. The zero-order valence-corrected chi connectivity index (χ0v) is 18.3. The van der Waals surface area contributed by atoms with Gasteiger partial charge in [-0.1, -0.05) is 6.42 Å². The summed E-state index contributed by atoms with van der Waals surface area (Å²) in [5.41, 5.74) is 0.413. The minimum absolute atomic E-state index is 0.212. The Labute approximate surface area is 173 Å². The Morgan fingerprint density at radius 1 is 0.931 bits per heavy atom. The predicted molar refractivity (Wildman–Crippen MR) is 111 cm³/mol. The van der Waals surface area contributed by atoms with Crippen molar-refractivity contribution in [1.82, 2.24) is 13.9 Å². The topological polar surface area (TPSA) is 104 Å². The number of hydrogen-bond acceptors (Lipinski definition) is 5. The third kappa shape index (κ3) is 5.56. The molecule has 1 amide bonds. The molecule has 0 aliphatic carbocycles. The van der Waals surface area contributed by atoms with E-state index in [1.807, 2.05) is 0 Å². The van der Waals surface area contributed by atoms with Gasteiger partial charge < -0.3 is 5.32 Å². The molecule has 0 atom stereocenters. The summed E-state index contributed by atoms with van der Waals surface area (Å²) in [7, 11) is -6.66. The maximum absolute atomic E-state index is 12.7. The van der Waals surface area contributed by atoms with Crippen molar-refractivity contribution in [2.24, 2.45) is 5.92 Å². The SMILES string of the molecule is CS(=O)(=O)N1CCC(CNC(=O)c2ccc(S(=O)(=O)N3CCCCC3)cc2)CC1. The van der Waals surface area contributed by atoms with Crippen LogP contribution in [0.3, 0.4) is 0 Å². The first-order valence-electron chi connectivity index (χ1n) is 10.0. The molecule has 29 heavy (non-hydrogen) atoms. The molecule has 10 heteroatoms. The summed E-state index contributed by atoms with van der Waals surface area (Å²) in [4.78, 5) is 12.6. The van der Waals surface area contributed by atoms with Crippen LogP contribution in [-0.4, -0.2) is 70.3 Å². The van der Waals surface area contributed by atoms with Gasteiger partial charge in [-0.05, 0) is 55.9 Å². The molecule has 0 unspecified atom stereocenters. The van der Waals surface area contributed by atoms with Gasteiger partial charge in [0.05, 0.1) is 11.2 Å². The van der Waals surface area contributed by atoms with E-state index >= 15 is 0 Å². The van der Waals surface area contributed by atoms with E-state index in [2.05, 4.69) is 5.32 Å². The summed E-state index contributed by atoms with van der Waals surface area (Å²) in [6.07, 6.45) is 5.44. The standard InChI is InChI=1S/C19H29N3O5S2/c1-28(24,25)21-13-9-16(10-14-21)15-20-19(23)17-5-7-18(8-6-17)29(26,27)22-11-3-2-4-12-22/h5-8,16H,2-4,9-15H2,1H3,(H,20,23). The molecule has 1 N–H and O–H groups in total. The van der Waals surface area contributed by atoms with Crippen molar-refractivity contribution < 1.29 is 21.6 Å². The zero-order valence-electron chi connectivity index (χ0n) is 16.7. The smallest absolute Gasteiger partial charge is 0.251 e. The van der Waals surface area contributed by atoms with E-state index in [-0.39, 0.29) is 16.7 Å². The summed E-state index contributed by atoms with van der Waals surface area (Å²) >= 11 is 0. The fraction of sp³-hybridized carbons (Fsp3) is 0.632. The monoisotopic (exact) mass is 443 g/mol. The summed E-state index contributed by atoms with van der Waals surface area (Å²) < 4.78 is 51.4. The molecular formula is C19H29N3O5S2.